The van der Waals surface area contributed by atoms with Crippen LogP contribution in [0.25, 0.3) is 17.0 Å². The summed E-state index contributed by atoms with van der Waals surface area (Å²) in [6.07, 6.45) is 0. The number of para-hydroxylation sites is 2. The van der Waals surface area contributed by atoms with Crippen molar-refractivity contribution in [1.82, 2.24) is 19.7 Å². The molecule has 4 nitrogen and oxygen atoms in total. The van der Waals surface area contributed by atoms with Crippen LogP contribution in [-0.4, -0.2) is 19.7 Å². The molecule has 6 heteroatoms. The van der Waals surface area contributed by atoms with Crippen molar-refractivity contribution in [2.24, 2.45) is 0 Å². The fourth-order valence-corrected chi connectivity index (χ4v) is 2.83. The van der Waals surface area contributed by atoms with Gasteiger partial charge in [-0.05, 0) is 18.1 Å². The number of hydrogen-bond donors (Lipinski definition) is 1. The molecule has 20 heavy (non-hydrogen) atoms. The second-order valence-electron chi connectivity index (χ2n) is 4.93. The Morgan fingerprint density at radius 3 is 2.65 bits per heavy atom. The number of nitrogens with one attached hydrogen (secondary N) is 1. The van der Waals surface area contributed by atoms with Crippen LogP contribution < -0.4 is 0 Å². The van der Waals surface area contributed by atoms with Gasteiger partial charge in [0, 0.05) is 5.56 Å². The van der Waals surface area contributed by atoms with Crippen molar-refractivity contribution in [3.05, 3.63) is 40.7 Å². The van der Waals surface area contributed by atoms with E-state index in [2.05, 4.69) is 28.9 Å². The third kappa shape index (κ3) is 2.09. The minimum atomic E-state index is 0.256. The summed E-state index contributed by atoms with van der Waals surface area (Å²) < 4.78 is 1.62. The fraction of sp³-hybridized carbons (Fsp3) is 0.286. The van der Waals surface area contributed by atoms with E-state index in [4.69, 9.17) is 23.2 Å². The van der Waals surface area contributed by atoms with Crippen molar-refractivity contribution < 1.29 is 0 Å². The van der Waals surface area contributed by atoms with Crippen molar-refractivity contribution in [3.63, 3.8) is 0 Å². The van der Waals surface area contributed by atoms with E-state index in [1.54, 1.807) is 4.68 Å². The summed E-state index contributed by atoms with van der Waals surface area (Å²) in [4.78, 5) is 7.73. The molecule has 1 aromatic carbocycles. The number of alkyl halides is 1. The first kappa shape index (κ1) is 13.5. The zero-order chi connectivity index (χ0) is 14.3. The van der Waals surface area contributed by atoms with Crippen LogP contribution in [0.2, 0.25) is 5.15 Å². The average Bonchev–Trinajstić information content (AvgIpc) is 2.98. The molecule has 1 N–H and O–H groups in total. The predicted octanol–water partition coefficient (Wildman–Crippen LogP) is 4.26. The summed E-state index contributed by atoms with van der Waals surface area (Å²) >= 11 is 12.4. The van der Waals surface area contributed by atoms with Gasteiger partial charge >= 0.3 is 0 Å². The Bertz CT molecular complexity index is 725. The van der Waals surface area contributed by atoms with Crippen LogP contribution >= 0.6 is 23.2 Å². The van der Waals surface area contributed by atoms with Crippen molar-refractivity contribution in [1.29, 1.82) is 0 Å². The van der Waals surface area contributed by atoms with E-state index in [1.807, 2.05) is 24.3 Å². The predicted molar refractivity (Wildman–Crippen MR) is 81.9 cm³/mol. The van der Waals surface area contributed by atoms with Gasteiger partial charge < -0.3 is 4.98 Å². The monoisotopic (exact) mass is 308 g/mol. The summed E-state index contributed by atoms with van der Waals surface area (Å²) in [7, 11) is 0. The molecule has 0 atom stereocenters. The highest BCUT2D eigenvalue weighted by atomic mass is 35.5. The summed E-state index contributed by atoms with van der Waals surface area (Å²) in [6.45, 7) is 4.13. The molecule has 0 saturated carbocycles. The Labute approximate surface area is 126 Å². The van der Waals surface area contributed by atoms with Gasteiger partial charge in [0.25, 0.3) is 0 Å². The third-order valence-corrected chi connectivity index (χ3v) is 3.87. The van der Waals surface area contributed by atoms with Crippen LogP contribution in [0.5, 0.6) is 0 Å². The van der Waals surface area contributed by atoms with E-state index < -0.39 is 0 Å². The maximum Gasteiger partial charge on any atom is 0.230 e. The van der Waals surface area contributed by atoms with Crippen LogP contribution in [0, 0.1) is 0 Å². The molecule has 104 valence electrons. The highest BCUT2D eigenvalue weighted by Gasteiger charge is 2.20. The normalized spacial score (nSPS) is 11.7. The lowest BCUT2D eigenvalue weighted by Crippen LogP contribution is -2.00. The summed E-state index contributed by atoms with van der Waals surface area (Å²) in [5.74, 6) is 1.20. The van der Waals surface area contributed by atoms with Gasteiger partial charge in [-0.2, -0.15) is 9.78 Å². The molecule has 0 aliphatic heterocycles. The first-order valence-electron chi connectivity index (χ1n) is 6.40. The van der Waals surface area contributed by atoms with Crippen molar-refractivity contribution >= 4 is 34.2 Å². The van der Waals surface area contributed by atoms with Crippen LogP contribution in [0.4, 0.5) is 0 Å². The molecule has 0 amide bonds. The highest BCUT2D eigenvalue weighted by Crippen LogP contribution is 2.29. The number of hydrogen-bond acceptors (Lipinski definition) is 2. The van der Waals surface area contributed by atoms with Crippen LogP contribution in [0.1, 0.15) is 31.0 Å². The zero-order valence-corrected chi connectivity index (χ0v) is 12.7. The van der Waals surface area contributed by atoms with Gasteiger partial charge in [-0.15, -0.1) is 11.6 Å². The van der Waals surface area contributed by atoms with Crippen LogP contribution in [0.3, 0.4) is 0 Å². The van der Waals surface area contributed by atoms with E-state index in [9.17, 15) is 0 Å². The molecule has 0 radical (unpaired) electrons. The molecule has 2 aromatic heterocycles. The lowest BCUT2D eigenvalue weighted by atomic mass is 10.1. The zero-order valence-electron chi connectivity index (χ0n) is 11.2. The number of benzene rings is 1. The Hall–Kier alpha value is -1.52. The quantitative estimate of drug-likeness (QED) is 0.735. The van der Waals surface area contributed by atoms with E-state index in [0.29, 0.717) is 17.0 Å². The Balaban J connectivity index is 2.18. The topological polar surface area (TPSA) is 46.5 Å². The molecule has 2 heterocycles. The summed E-state index contributed by atoms with van der Waals surface area (Å²) in [5.41, 5.74) is 3.61. The second kappa shape index (κ2) is 5.11. The van der Waals surface area contributed by atoms with Gasteiger partial charge in [-0.25, -0.2) is 4.98 Å². The second-order valence-corrected chi connectivity index (χ2v) is 5.56. The first-order valence-corrected chi connectivity index (χ1v) is 7.31. The van der Waals surface area contributed by atoms with Gasteiger partial charge in [0.15, 0.2) is 0 Å². The number of imidazole rings is 1. The molecule has 0 aliphatic rings. The van der Waals surface area contributed by atoms with E-state index in [0.717, 1.165) is 22.3 Å². The Morgan fingerprint density at radius 2 is 2.05 bits per heavy atom. The number of aromatic amines is 1. The standard InChI is InChI=1S/C14H14Cl2N4/c1-8(2)12-9(7-15)13(16)20(19-12)14-17-10-5-3-4-6-11(10)18-14/h3-6,8H,7H2,1-2H3,(H,17,18). The van der Waals surface area contributed by atoms with Crippen molar-refractivity contribution in [2.75, 3.05) is 0 Å². The smallest absolute Gasteiger partial charge is 0.230 e. The minimum Gasteiger partial charge on any atom is -0.322 e. The summed E-state index contributed by atoms with van der Waals surface area (Å²) in [6, 6.07) is 7.81. The number of H-pyrrole nitrogens is 1. The molecule has 0 saturated heterocycles. The molecular weight excluding hydrogens is 295 g/mol. The van der Waals surface area contributed by atoms with Crippen molar-refractivity contribution in [2.45, 2.75) is 25.6 Å². The maximum absolute atomic E-state index is 6.39. The molecule has 0 spiro atoms. The van der Waals surface area contributed by atoms with Gasteiger partial charge in [-0.3, -0.25) is 0 Å². The first-order chi connectivity index (χ1) is 9.61. The SMILES string of the molecule is CC(C)c1nn(-c2nc3ccccc3[nH]2)c(Cl)c1CCl. The number of nitrogens with zero attached hydrogens (tertiary/aromatic N) is 3. The average molecular weight is 309 g/mol. The number of fused-ring (bicyclic) bond motifs is 1. The third-order valence-electron chi connectivity index (χ3n) is 3.21. The molecule has 0 unspecified atom stereocenters. The highest BCUT2D eigenvalue weighted by molar-refractivity contribution is 6.31. The van der Waals surface area contributed by atoms with Gasteiger partial charge in [0.05, 0.1) is 22.6 Å². The van der Waals surface area contributed by atoms with E-state index in [1.165, 1.54) is 0 Å². The molecule has 0 bridgehead atoms. The Kier molecular flexibility index (Phi) is 3.44. The van der Waals surface area contributed by atoms with Gasteiger partial charge in [-0.1, -0.05) is 37.6 Å². The number of aromatic nitrogens is 4. The molecular formula is C14H14Cl2N4. The maximum atomic E-state index is 6.39. The largest absolute Gasteiger partial charge is 0.322 e. The van der Waals surface area contributed by atoms with Gasteiger partial charge in [0.2, 0.25) is 5.95 Å². The van der Waals surface area contributed by atoms with Crippen LogP contribution in [-0.2, 0) is 5.88 Å². The number of rotatable bonds is 3. The lowest BCUT2D eigenvalue weighted by molar-refractivity contribution is 0.748. The molecule has 0 aliphatic carbocycles. The Morgan fingerprint density at radius 1 is 1.30 bits per heavy atom. The van der Waals surface area contributed by atoms with E-state index in [-0.39, 0.29) is 5.92 Å². The van der Waals surface area contributed by atoms with Gasteiger partial charge in [0.1, 0.15) is 5.15 Å². The molecule has 3 rings (SSSR count). The van der Waals surface area contributed by atoms with E-state index >= 15 is 0 Å². The molecule has 3 aromatic rings. The van der Waals surface area contributed by atoms with Crippen molar-refractivity contribution in [3.8, 4) is 5.95 Å². The summed E-state index contributed by atoms with van der Waals surface area (Å²) in [5, 5.41) is 5.07. The molecule has 0 fully saturated rings. The van der Waals surface area contributed by atoms with Crippen LogP contribution in [0.15, 0.2) is 24.3 Å². The minimum absolute atomic E-state index is 0.256. The lowest BCUT2D eigenvalue weighted by Gasteiger charge is -2.00. The number of halogens is 2. The fourth-order valence-electron chi connectivity index (χ4n) is 2.21.